The third-order valence-electron chi connectivity index (χ3n) is 3.40. The first-order chi connectivity index (χ1) is 8.43. The summed E-state index contributed by atoms with van der Waals surface area (Å²) in [7, 11) is 0. The van der Waals surface area contributed by atoms with Crippen molar-refractivity contribution in [3.63, 3.8) is 0 Å². The van der Waals surface area contributed by atoms with Gasteiger partial charge in [0, 0.05) is 23.7 Å². The molecule has 0 radical (unpaired) electrons. The molecule has 88 valence electrons. The average molecular weight is 227 g/mol. The normalized spacial score (nSPS) is 20.4. The first-order valence-electron chi connectivity index (χ1n) is 6.25. The van der Waals surface area contributed by atoms with E-state index in [1.165, 1.54) is 24.1 Å². The number of piperidine rings is 1. The SMILES string of the molecule is c1ccc(-c2cc([C@H]3CCCNC3)[nH]n2)cc1. The summed E-state index contributed by atoms with van der Waals surface area (Å²) < 4.78 is 0. The van der Waals surface area contributed by atoms with Gasteiger partial charge in [0.15, 0.2) is 0 Å². The number of aromatic amines is 1. The number of aromatic nitrogens is 2. The Kier molecular flexibility index (Phi) is 2.92. The molecule has 0 amide bonds. The summed E-state index contributed by atoms with van der Waals surface area (Å²) in [5.41, 5.74) is 3.49. The van der Waals surface area contributed by atoms with Crippen LogP contribution in [-0.4, -0.2) is 23.3 Å². The lowest BCUT2D eigenvalue weighted by Gasteiger charge is -2.21. The predicted octanol–water partition coefficient (Wildman–Crippen LogP) is 2.54. The van der Waals surface area contributed by atoms with Crippen molar-refractivity contribution in [2.24, 2.45) is 0 Å². The van der Waals surface area contributed by atoms with Crippen LogP contribution >= 0.6 is 0 Å². The molecule has 1 aliphatic heterocycles. The summed E-state index contributed by atoms with van der Waals surface area (Å²) in [6.45, 7) is 2.21. The smallest absolute Gasteiger partial charge is 0.0923 e. The van der Waals surface area contributed by atoms with E-state index in [1.807, 2.05) is 18.2 Å². The summed E-state index contributed by atoms with van der Waals surface area (Å²) in [4.78, 5) is 0. The zero-order chi connectivity index (χ0) is 11.5. The molecule has 3 heteroatoms. The number of nitrogens with one attached hydrogen (secondary N) is 2. The first-order valence-corrected chi connectivity index (χ1v) is 6.25. The third kappa shape index (κ3) is 2.24. The van der Waals surface area contributed by atoms with Gasteiger partial charge in [-0.1, -0.05) is 30.3 Å². The maximum absolute atomic E-state index is 4.41. The molecule has 2 N–H and O–H groups in total. The Morgan fingerprint density at radius 1 is 1.18 bits per heavy atom. The minimum Gasteiger partial charge on any atom is -0.316 e. The van der Waals surface area contributed by atoms with E-state index in [2.05, 4.69) is 33.7 Å². The molecule has 0 aliphatic carbocycles. The molecule has 1 aromatic carbocycles. The number of hydrogen-bond acceptors (Lipinski definition) is 2. The van der Waals surface area contributed by atoms with Gasteiger partial charge in [0.05, 0.1) is 5.69 Å². The highest BCUT2D eigenvalue weighted by atomic mass is 15.1. The van der Waals surface area contributed by atoms with Crippen LogP contribution in [0.5, 0.6) is 0 Å². The van der Waals surface area contributed by atoms with Gasteiger partial charge in [-0.3, -0.25) is 5.10 Å². The fourth-order valence-electron chi connectivity index (χ4n) is 2.42. The Bertz CT molecular complexity index is 469. The summed E-state index contributed by atoms with van der Waals surface area (Å²) in [6, 6.07) is 12.5. The molecular weight excluding hydrogens is 210 g/mol. The summed E-state index contributed by atoms with van der Waals surface area (Å²) >= 11 is 0. The number of benzene rings is 1. The van der Waals surface area contributed by atoms with Crippen LogP contribution in [-0.2, 0) is 0 Å². The molecule has 1 aliphatic rings. The third-order valence-corrected chi connectivity index (χ3v) is 3.40. The Morgan fingerprint density at radius 3 is 2.82 bits per heavy atom. The van der Waals surface area contributed by atoms with Gasteiger partial charge in [-0.2, -0.15) is 5.10 Å². The van der Waals surface area contributed by atoms with E-state index >= 15 is 0 Å². The zero-order valence-corrected chi connectivity index (χ0v) is 9.82. The number of rotatable bonds is 2. The van der Waals surface area contributed by atoms with Gasteiger partial charge in [0.25, 0.3) is 0 Å². The van der Waals surface area contributed by atoms with Crippen LogP contribution in [0.1, 0.15) is 24.5 Å². The minimum absolute atomic E-state index is 0.591. The molecule has 3 rings (SSSR count). The van der Waals surface area contributed by atoms with Crippen molar-refractivity contribution in [1.82, 2.24) is 15.5 Å². The monoisotopic (exact) mass is 227 g/mol. The molecule has 0 unspecified atom stereocenters. The first kappa shape index (κ1) is 10.5. The molecule has 2 heterocycles. The number of hydrogen-bond donors (Lipinski definition) is 2. The van der Waals surface area contributed by atoms with Gasteiger partial charge in [-0.25, -0.2) is 0 Å². The molecule has 2 aromatic rings. The van der Waals surface area contributed by atoms with E-state index in [1.54, 1.807) is 0 Å². The van der Waals surface area contributed by atoms with Crippen LogP contribution in [0.2, 0.25) is 0 Å². The van der Waals surface area contributed by atoms with E-state index in [4.69, 9.17) is 0 Å². The van der Waals surface area contributed by atoms with Crippen molar-refractivity contribution in [2.45, 2.75) is 18.8 Å². The summed E-state index contributed by atoms with van der Waals surface area (Å²) in [5, 5.41) is 11.0. The van der Waals surface area contributed by atoms with Crippen molar-refractivity contribution >= 4 is 0 Å². The summed E-state index contributed by atoms with van der Waals surface area (Å²) in [6.07, 6.45) is 2.51. The van der Waals surface area contributed by atoms with Crippen molar-refractivity contribution < 1.29 is 0 Å². The van der Waals surface area contributed by atoms with Gasteiger partial charge in [0.1, 0.15) is 0 Å². The Balaban J connectivity index is 1.83. The van der Waals surface area contributed by atoms with Gasteiger partial charge in [-0.15, -0.1) is 0 Å². The molecule has 0 saturated carbocycles. The molecule has 0 spiro atoms. The maximum Gasteiger partial charge on any atom is 0.0923 e. The van der Waals surface area contributed by atoms with Gasteiger partial charge in [0.2, 0.25) is 0 Å². The lowest BCUT2D eigenvalue weighted by molar-refractivity contribution is 0.454. The quantitative estimate of drug-likeness (QED) is 0.827. The van der Waals surface area contributed by atoms with E-state index in [0.717, 1.165) is 18.8 Å². The Labute approximate surface area is 101 Å². The van der Waals surface area contributed by atoms with Crippen molar-refractivity contribution in [3.8, 4) is 11.3 Å². The van der Waals surface area contributed by atoms with Gasteiger partial charge >= 0.3 is 0 Å². The van der Waals surface area contributed by atoms with Gasteiger partial charge in [-0.05, 0) is 25.5 Å². The second-order valence-electron chi connectivity index (χ2n) is 4.62. The minimum atomic E-state index is 0.591. The lowest BCUT2D eigenvalue weighted by Crippen LogP contribution is -2.28. The highest BCUT2D eigenvalue weighted by Gasteiger charge is 2.17. The van der Waals surface area contributed by atoms with E-state index in [-0.39, 0.29) is 0 Å². The molecule has 1 saturated heterocycles. The van der Waals surface area contributed by atoms with Crippen LogP contribution in [0.4, 0.5) is 0 Å². The Morgan fingerprint density at radius 2 is 2.06 bits per heavy atom. The average Bonchev–Trinajstić information content (AvgIpc) is 2.90. The van der Waals surface area contributed by atoms with Crippen molar-refractivity contribution in [3.05, 3.63) is 42.1 Å². The summed E-state index contributed by atoms with van der Waals surface area (Å²) in [5.74, 6) is 0.591. The number of H-pyrrole nitrogens is 1. The molecule has 0 bridgehead atoms. The molecule has 1 aromatic heterocycles. The molecule has 17 heavy (non-hydrogen) atoms. The maximum atomic E-state index is 4.41. The molecule has 3 nitrogen and oxygen atoms in total. The topological polar surface area (TPSA) is 40.7 Å². The van der Waals surface area contributed by atoms with Crippen molar-refractivity contribution in [2.75, 3.05) is 13.1 Å². The van der Waals surface area contributed by atoms with Crippen LogP contribution in [0.3, 0.4) is 0 Å². The van der Waals surface area contributed by atoms with E-state index in [9.17, 15) is 0 Å². The zero-order valence-electron chi connectivity index (χ0n) is 9.82. The van der Waals surface area contributed by atoms with E-state index in [0.29, 0.717) is 5.92 Å². The second-order valence-corrected chi connectivity index (χ2v) is 4.62. The van der Waals surface area contributed by atoms with Crippen molar-refractivity contribution in [1.29, 1.82) is 0 Å². The van der Waals surface area contributed by atoms with Gasteiger partial charge < -0.3 is 5.32 Å². The fraction of sp³-hybridized carbons (Fsp3) is 0.357. The van der Waals surface area contributed by atoms with E-state index < -0.39 is 0 Å². The van der Waals surface area contributed by atoms with Crippen LogP contribution in [0, 0.1) is 0 Å². The van der Waals surface area contributed by atoms with Crippen LogP contribution < -0.4 is 5.32 Å². The fourth-order valence-corrected chi connectivity index (χ4v) is 2.42. The lowest BCUT2D eigenvalue weighted by atomic mass is 9.96. The second kappa shape index (κ2) is 4.72. The number of nitrogens with zero attached hydrogens (tertiary/aromatic N) is 1. The largest absolute Gasteiger partial charge is 0.316 e. The standard InChI is InChI=1S/C14H17N3/c1-2-5-11(6-3-1)13-9-14(17-16-13)12-7-4-8-15-10-12/h1-3,5-6,9,12,15H,4,7-8,10H2,(H,16,17)/t12-/m0/s1. The highest BCUT2D eigenvalue weighted by Crippen LogP contribution is 2.25. The molecular formula is C14H17N3. The predicted molar refractivity (Wildman–Crippen MR) is 68.9 cm³/mol. The van der Waals surface area contributed by atoms with Crippen LogP contribution in [0.15, 0.2) is 36.4 Å². The molecule has 1 fully saturated rings. The highest BCUT2D eigenvalue weighted by molar-refractivity contribution is 5.59. The Hall–Kier alpha value is -1.61. The molecule has 1 atom stereocenters. The van der Waals surface area contributed by atoms with Crippen LogP contribution in [0.25, 0.3) is 11.3 Å².